The second-order valence-corrected chi connectivity index (χ2v) is 6.83. The van der Waals surface area contributed by atoms with Gasteiger partial charge in [0, 0.05) is 37.6 Å². The summed E-state index contributed by atoms with van der Waals surface area (Å²) in [7, 11) is 0. The summed E-state index contributed by atoms with van der Waals surface area (Å²) in [6.45, 7) is 5.37. The molecule has 0 unspecified atom stereocenters. The zero-order valence-corrected chi connectivity index (χ0v) is 15.1. The molecule has 0 N–H and O–H groups in total. The molecule has 0 aromatic heterocycles. The van der Waals surface area contributed by atoms with E-state index in [1.165, 1.54) is 10.5 Å². The van der Waals surface area contributed by atoms with Crippen LogP contribution < -0.4 is 0 Å². The van der Waals surface area contributed by atoms with E-state index >= 15 is 0 Å². The molecule has 20 heavy (non-hydrogen) atoms. The minimum atomic E-state index is 0. The van der Waals surface area contributed by atoms with Crippen LogP contribution in [-0.2, 0) is 6.54 Å². The van der Waals surface area contributed by atoms with Gasteiger partial charge in [-0.1, -0.05) is 30.4 Å². The van der Waals surface area contributed by atoms with Crippen molar-refractivity contribution >= 4 is 52.5 Å². The Morgan fingerprint density at radius 3 is 2.40 bits per heavy atom. The summed E-state index contributed by atoms with van der Waals surface area (Å²) in [5.41, 5.74) is 1.44. The molecule has 0 aliphatic carbocycles. The molecule has 0 atom stereocenters. The van der Waals surface area contributed by atoms with Gasteiger partial charge in [-0.3, -0.25) is 4.90 Å². The van der Waals surface area contributed by atoms with Crippen molar-refractivity contribution in [1.29, 1.82) is 0 Å². The molecule has 1 aliphatic rings. The second kappa shape index (κ2) is 9.15. The van der Waals surface area contributed by atoms with Gasteiger partial charge in [0.1, 0.15) is 4.32 Å². The van der Waals surface area contributed by atoms with Crippen molar-refractivity contribution in [2.24, 2.45) is 0 Å². The zero-order chi connectivity index (χ0) is 13.7. The normalized spacial score (nSPS) is 15.8. The lowest BCUT2D eigenvalue weighted by Crippen LogP contribution is -2.47. The van der Waals surface area contributed by atoms with Crippen LogP contribution in [0.5, 0.6) is 0 Å². The summed E-state index contributed by atoms with van der Waals surface area (Å²) in [5, 5.41) is 0. The summed E-state index contributed by atoms with van der Waals surface area (Å²) < 4.78 is 1.03. The first-order chi connectivity index (χ1) is 9.24. The maximum absolute atomic E-state index is 5.35. The Morgan fingerprint density at radius 2 is 1.80 bits per heavy atom. The topological polar surface area (TPSA) is 6.48 Å². The second-order valence-electron chi connectivity index (χ2n) is 4.55. The van der Waals surface area contributed by atoms with Gasteiger partial charge < -0.3 is 4.90 Å². The smallest absolute Gasteiger partial charge is 0.136 e. The zero-order valence-electron chi connectivity index (χ0n) is 11.9. The first-order valence-electron chi connectivity index (χ1n) is 6.41. The minimum absolute atomic E-state index is 0. The van der Waals surface area contributed by atoms with Gasteiger partial charge in [0.15, 0.2) is 0 Å². The van der Waals surface area contributed by atoms with Crippen LogP contribution in [0.15, 0.2) is 29.2 Å². The Labute approximate surface area is 142 Å². The summed E-state index contributed by atoms with van der Waals surface area (Å²) in [6.07, 6.45) is 4.21. The average molecular weight is 349 g/mol. The Kier molecular flexibility index (Phi) is 8.29. The molecule has 2 nitrogen and oxygen atoms in total. The monoisotopic (exact) mass is 348 g/mol. The van der Waals surface area contributed by atoms with Crippen molar-refractivity contribution < 1.29 is 0 Å². The van der Waals surface area contributed by atoms with Gasteiger partial charge >= 0.3 is 0 Å². The molecule has 6 heteroatoms. The molecule has 1 aromatic carbocycles. The molecule has 0 radical (unpaired) electrons. The van der Waals surface area contributed by atoms with Crippen molar-refractivity contribution in [1.82, 2.24) is 9.80 Å². The molecular weight excluding hydrogens is 328 g/mol. The third-order valence-electron chi connectivity index (χ3n) is 3.39. The minimum Gasteiger partial charge on any atom is -0.355 e. The maximum Gasteiger partial charge on any atom is 0.136 e. The highest BCUT2D eigenvalue weighted by molar-refractivity contribution is 8.22. The number of piperazine rings is 1. The van der Waals surface area contributed by atoms with E-state index in [0.717, 1.165) is 37.0 Å². The van der Waals surface area contributed by atoms with Crippen molar-refractivity contribution in [3.63, 3.8) is 0 Å². The van der Waals surface area contributed by atoms with Crippen LogP contribution in [-0.4, -0.2) is 52.8 Å². The van der Waals surface area contributed by atoms with Crippen LogP contribution in [0.1, 0.15) is 5.56 Å². The summed E-state index contributed by atoms with van der Waals surface area (Å²) in [6, 6.07) is 8.70. The summed E-state index contributed by atoms with van der Waals surface area (Å²) >= 11 is 8.86. The van der Waals surface area contributed by atoms with E-state index in [9.17, 15) is 0 Å². The fourth-order valence-corrected chi connectivity index (χ4v) is 3.52. The van der Waals surface area contributed by atoms with Gasteiger partial charge in [-0.25, -0.2) is 0 Å². The molecule has 0 amide bonds. The molecule has 1 heterocycles. The summed E-state index contributed by atoms with van der Waals surface area (Å²) in [5.74, 6) is 0. The molecule has 0 bridgehead atoms. The quantitative estimate of drug-likeness (QED) is 0.606. The van der Waals surface area contributed by atoms with Gasteiger partial charge in [0.25, 0.3) is 0 Å². The lowest BCUT2D eigenvalue weighted by Gasteiger charge is -2.35. The number of thioether (sulfide) groups is 2. The number of thiocarbonyl (C=S) groups is 1. The van der Waals surface area contributed by atoms with Crippen molar-refractivity contribution in [3.8, 4) is 0 Å². The van der Waals surface area contributed by atoms with Gasteiger partial charge in [-0.05, 0) is 24.1 Å². The predicted molar refractivity (Wildman–Crippen MR) is 98.4 cm³/mol. The number of halogens is 1. The largest absolute Gasteiger partial charge is 0.355 e. The van der Waals surface area contributed by atoms with Gasteiger partial charge in [0.2, 0.25) is 0 Å². The number of nitrogens with zero attached hydrogens (tertiary/aromatic N) is 2. The van der Waals surface area contributed by atoms with Crippen molar-refractivity contribution in [2.45, 2.75) is 11.4 Å². The van der Waals surface area contributed by atoms with Gasteiger partial charge in [-0.2, -0.15) is 0 Å². The fraction of sp³-hybridized carbons (Fsp3) is 0.500. The third kappa shape index (κ3) is 4.81. The van der Waals surface area contributed by atoms with Crippen LogP contribution in [0, 0.1) is 0 Å². The van der Waals surface area contributed by atoms with E-state index in [4.69, 9.17) is 12.2 Å². The van der Waals surface area contributed by atoms with Crippen molar-refractivity contribution in [2.75, 3.05) is 38.7 Å². The van der Waals surface area contributed by atoms with E-state index in [1.54, 1.807) is 11.8 Å². The molecule has 2 rings (SSSR count). The highest BCUT2D eigenvalue weighted by atomic mass is 35.5. The predicted octanol–water partition coefficient (Wildman–Crippen LogP) is 3.60. The molecule has 112 valence electrons. The van der Waals surface area contributed by atoms with E-state index in [0.29, 0.717) is 0 Å². The summed E-state index contributed by atoms with van der Waals surface area (Å²) in [4.78, 5) is 6.23. The number of benzene rings is 1. The van der Waals surface area contributed by atoms with Crippen molar-refractivity contribution in [3.05, 3.63) is 29.8 Å². The van der Waals surface area contributed by atoms with E-state index in [1.807, 2.05) is 11.8 Å². The Hall–Kier alpha value is 0.0600. The molecule has 1 fully saturated rings. The van der Waals surface area contributed by atoms with Crippen LogP contribution in [0.2, 0.25) is 0 Å². The number of rotatable bonds is 3. The van der Waals surface area contributed by atoms with E-state index < -0.39 is 0 Å². The van der Waals surface area contributed by atoms with Gasteiger partial charge in [-0.15, -0.1) is 35.9 Å². The highest BCUT2D eigenvalue weighted by Gasteiger charge is 2.18. The molecule has 0 saturated carbocycles. The number of hydrogen-bond acceptors (Lipinski definition) is 4. The molecular formula is C14H21ClN2S3. The van der Waals surface area contributed by atoms with Crippen LogP contribution in [0.4, 0.5) is 0 Å². The lowest BCUT2D eigenvalue weighted by atomic mass is 10.2. The number of hydrogen-bond donors (Lipinski definition) is 0. The van der Waals surface area contributed by atoms with E-state index in [2.05, 4.69) is 46.6 Å². The van der Waals surface area contributed by atoms with Gasteiger partial charge in [0.05, 0.1) is 0 Å². The first kappa shape index (κ1) is 18.1. The standard InChI is InChI=1S/C14H20N2S3.ClH/c1-18-13-6-4-3-5-12(13)11-15-7-9-16(10-8-15)14(17)19-2;/h3-6H,7-11H2,1-2H3;1H. The van der Waals surface area contributed by atoms with Crippen LogP contribution in [0.3, 0.4) is 0 Å². The Morgan fingerprint density at radius 1 is 1.15 bits per heavy atom. The molecule has 1 saturated heterocycles. The highest BCUT2D eigenvalue weighted by Crippen LogP contribution is 2.22. The molecule has 0 spiro atoms. The first-order valence-corrected chi connectivity index (χ1v) is 9.27. The Balaban J connectivity index is 0.00000200. The SMILES string of the molecule is CSC(=S)N1CCN(Cc2ccccc2SC)CC1.Cl. The van der Waals surface area contributed by atoms with Crippen LogP contribution >= 0.6 is 48.1 Å². The molecule has 1 aliphatic heterocycles. The fourth-order valence-electron chi connectivity index (χ4n) is 2.29. The Bertz CT molecular complexity index is 434. The van der Waals surface area contributed by atoms with E-state index in [-0.39, 0.29) is 12.4 Å². The third-order valence-corrected chi connectivity index (χ3v) is 5.60. The van der Waals surface area contributed by atoms with Crippen LogP contribution in [0.25, 0.3) is 0 Å². The average Bonchev–Trinajstić information content (AvgIpc) is 2.48. The molecule has 1 aromatic rings. The maximum atomic E-state index is 5.35. The lowest BCUT2D eigenvalue weighted by molar-refractivity contribution is 0.178.